The molecule has 0 heteroatoms. The Labute approximate surface area is 65.0 Å². The van der Waals surface area contributed by atoms with E-state index in [1.807, 2.05) is 0 Å². The molecule has 0 amide bonds. The highest BCUT2D eigenvalue weighted by molar-refractivity contribution is 4.94. The lowest BCUT2D eigenvalue weighted by Gasteiger charge is -2.27. The van der Waals surface area contributed by atoms with Gasteiger partial charge in [-0.05, 0) is 24.7 Å². The van der Waals surface area contributed by atoms with Gasteiger partial charge in [-0.25, -0.2) is 0 Å². The molecule has 10 heavy (non-hydrogen) atoms. The zero-order valence-electron chi connectivity index (χ0n) is 7.32. The highest BCUT2D eigenvalue weighted by atomic mass is 14.2. The van der Waals surface area contributed by atoms with E-state index in [1.54, 1.807) is 5.92 Å². The third-order valence-electron chi connectivity index (χ3n) is 2.71. The Morgan fingerprint density at radius 3 is 2.80 bits per heavy atom. The van der Waals surface area contributed by atoms with Gasteiger partial charge in [0.25, 0.3) is 0 Å². The Bertz CT molecular complexity index is 84.0. The average Bonchev–Trinajstić information content (AvgIpc) is 1.94. The van der Waals surface area contributed by atoms with Gasteiger partial charge in [-0.3, -0.25) is 0 Å². The van der Waals surface area contributed by atoms with Crippen LogP contribution in [-0.2, 0) is 0 Å². The van der Waals surface area contributed by atoms with Gasteiger partial charge in [0, 0.05) is 0 Å². The van der Waals surface area contributed by atoms with Crippen LogP contribution in [0.3, 0.4) is 0 Å². The fourth-order valence-electron chi connectivity index (χ4n) is 1.98. The van der Waals surface area contributed by atoms with E-state index in [0.29, 0.717) is 0 Å². The van der Waals surface area contributed by atoms with Crippen LogP contribution < -0.4 is 0 Å². The molecule has 59 valence electrons. The molecule has 1 atom stereocenters. The van der Waals surface area contributed by atoms with Gasteiger partial charge in [-0.2, -0.15) is 0 Å². The van der Waals surface area contributed by atoms with E-state index < -0.39 is 0 Å². The molecule has 1 unspecified atom stereocenters. The first-order valence-electron chi connectivity index (χ1n) is 4.67. The molecule has 0 nitrogen and oxygen atoms in total. The van der Waals surface area contributed by atoms with E-state index in [1.165, 1.54) is 38.5 Å². The minimum atomic E-state index is 0.985. The van der Waals surface area contributed by atoms with Crippen LogP contribution in [0.5, 0.6) is 0 Å². The van der Waals surface area contributed by atoms with E-state index in [0.717, 1.165) is 5.92 Å². The van der Waals surface area contributed by atoms with Gasteiger partial charge in [0.2, 0.25) is 0 Å². The van der Waals surface area contributed by atoms with Crippen molar-refractivity contribution in [3.63, 3.8) is 0 Å². The van der Waals surface area contributed by atoms with Gasteiger partial charge < -0.3 is 0 Å². The second kappa shape index (κ2) is 4.00. The van der Waals surface area contributed by atoms with Crippen molar-refractivity contribution in [1.82, 2.24) is 0 Å². The van der Waals surface area contributed by atoms with Crippen molar-refractivity contribution >= 4 is 0 Å². The second-order valence-corrected chi connectivity index (χ2v) is 3.58. The largest absolute Gasteiger partial charge is 0.0654 e. The summed E-state index contributed by atoms with van der Waals surface area (Å²) in [6.45, 7) is 4.64. The monoisotopic (exact) mass is 139 g/mol. The molecule has 0 aliphatic heterocycles. The molecule has 0 bridgehead atoms. The van der Waals surface area contributed by atoms with Crippen molar-refractivity contribution in [3.05, 3.63) is 5.92 Å². The predicted molar refractivity (Wildman–Crippen MR) is 45.8 cm³/mol. The third kappa shape index (κ3) is 2.00. The number of hydrogen-bond acceptors (Lipinski definition) is 0. The minimum absolute atomic E-state index is 0.985. The zero-order chi connectivity index (χ0) is 7.40. The molecule has 0 aromatic rings. The van der Waals surface area contributed by atoms with Crippen LogP contribution in [0.4, 0.5) is 0 Å². The molecule has 0 heterocycles. The van der Waals surface area contributed by atoms with Crippen molar-refractivity contribution in [3.8, 4) is 0 Å². The Kier molecular flexibility index (Phi) is 3.24. The lowest BCUT2D eigenvalue weighted by atomic mass is 9.78. The molecule has 0 aromatic heterocycles. The summed E-state index contributed by atoms with van der Waals surface area (Å²) in [5, 5.41) is 0. The quantitative estimate of drug-likeness (QED) is 0.548. The summed E-state index contributed by atoms with van der Waals surface area (Å²) in [4.78, 5) is 0. The standard InChI is InChI=1S/C10H19/c1-3-6-10-8-5-4-7-9(10)2/h10H,3-8H2,1-2H3. The number of hydrogen-bond donors (Lipinski definition) is 0. The van der Waals surface area contributed by atoms with Crippen LogP contribution in [-0.4, -0.2) is 0 Å². The lowest BCUT2D eigenvalue weighted by Crippen LogP contribution is -2.14. The van der Waals surface area contributed by atoms with Gasteiger partial charge in [-0.1, -0.05) is 39.5 Å². The molecule has 1 rings (SSSR count). The normalized spacial score (nSPS) is 28.8. The van der Waals surface area contributed by atoms with Crippen molar-refractivity contribution in [2.24, 2.45) is 5.92 Å². The molecule has 0 N–H and O–H groups in total. The van der Waals surface area contributed by atoms with E-state index in [2.05, 4.69) is 13.8 Å². The van der Waals surface area contributed by atoms with Gasteiger partial charge in [0.05, 0.1) is 0 Å². The van der Waals surface area contributed by atoms with E-state index >= 15 is 0 Å². The summed E-state index contributed by atoms with van der Waals surface area (Å²) in [6.07, 6.45) is 8.60. The van der Waals surface area contributed by atoms with Gasteiger partial charge >= 0.3 is 0 Å². The SMILES string of the molecule is CCCC1CCCC[C]1C. The first kappa shape index (κ1) is 8.10. The smallest absolute Gasteiger partial charge is 0.0241 e. The van der Waals surface area contributed by atoms with E-state index in [4.69, 9.17) is 0 Å². The van der Waals surface area contributed by atoms with Crippen LogP contribution >= 0.6 is 0 Å². The summed E-state index contributed by atoms with van der Waals surface area (Å²) in [5.41, 5.74) is 0. The second-order valence-electron chi connectivity index (χ2n) is 3.58. The molecule has 0 spiro atoms. The van der Waals surface area contributed by atoms with E-state index in [-0.39, 0.29) is 0 Å². The maximum atomic E-state index is 2.35. The first-order chi connectivity index (χ1) is 4.84. The summed E-state index contributed by atoms with van der Waals surface area (Å²) in [7, 11) is 0. The van der Waals surface area contributed by atoms with Crippen LogP contribution in [0, 0.1) is 11.8 Å². The van der Waals surface area contributed by atoms with E-state index in [9.17, 15) is 0 Å². The maximum Gasteiger partial charge on any atom is -0.0241 e. The molecule has 1 aliphatic carbocycles. The molecular formula is C10H19. The fraction of sp³-hybridized carbons (Fsp3) is 0.900. The molecular weight excluding hydrogens is 120 g/mol. The fourth-order valence-corrected chi connectivity index (χ4v) is 1.98. The summed E-state index contributed by atoms with van der Waals surface area (Å²) >= 11 is 0. The predicted octanol–water partition coefficient (Wildman–Crippen LogP) is 3.57. The highest BCUT2D eigenvalue weighted by Crippen LogP contribution is 2.33. The summed E-state index contributed by atoms with van der Waals surface area (Å²) < 4.78 is 0. The summed E-state index contributed by atoms with van der Waals surface area (Å²) in [5.74, 6) is 2.76. The van der Waals surface area contributed by atoms with Gasteiger partial charge in [0.1, 0.15) is 0 Å². The summed E-state index contributed by atoms with van der Waals surface area (Å²) in [6, 6.07) is 0. The average molecular weight is 139 g/mol. The molecule has 1 fully saturated rings. The Morgan fingerprint density at radius 1 is 1.40 bits per heavy atom. The maximum absolute atomic E-state index is 2.35. The Balaban J connectivity index is 2.25. The molecule has 1 saturated carbocycles. The highest BCUT2D eigenvalue weighted by Gasteiger charge is 2.19. The Morgan fingerprint density at radius 2 is 2.20 bits per heavy atom. The van der Waals surface area contributed by atoms with Crippen molar-refractivity contribution in [2.45, 2.75) is 52.4 Å². The topological polar surface area (TPSA) is 0 Å². The van der Waals surface area contributed by atoms with Crippen LogP contribution in [0.2, 0.25) is 0 Å². The van der Waals surface area contributed by atoms with Gasteiger partial charge in [-0.15, -0.1) is 0 Å². The molecule has 0 aromatic carbocycles. The van der Waals surface area contributed by atoms with Crippen LogP contribution in [0.1, 0.15) is 52.4 Å². The van der Waals surface area contributed by atoms with Crippen LogP contribution in [0.25, 0.3) is 0 Å². The van der Waals surface area contributed by atoms with Crippen molar-refractivity contribution in [2.75, 3.05) is 0 Å². The third-order valence-corrected chi connectivity index (χ3v) is 2.71. The Hall–Kier alpha value is 0. The van der Waals surface area contributed by atoms with Crippen LogP contribution in [0.15, 0.2) is 0 Å². The zero-order valence-corrected chi connectivity index (χ0v) is 7.32. The molecule has 0 saturated heterocycles. The van der Waals surface area contributed by atoms with Crippen molar-refractivity contribution < 1.29 is 0 Å². The first-order valence-corrected chi connectivity index (χ1v) is 4.67. The van der Waals surface area contributed by atoms with Crippen molar-refractivity contribution in [1.29, 1.82) is 0 Å². The van der Waals surface area contributed by atoms with Gasteiger partial charge in [0.15, 0.2) is 0 Å². The molecule has 1 radical (unpaired) electrons. The lowest BCUT2D eigenvalue weighted by molar-refractivity contribution is 0.372. The minimum Gasteiger partial charge on any atom is -0.0654 e. The molecule has 1 aliphatic rings. The number of rotatable bonds is 2.